The Kier molecular flexibility index (Phi) is 5.17. The van der Waals surface area contributed by atoms with Crippen LogP contribution in [0.25, 0.3) is 0 Å². The largest absolute Gasteiger partial charge is 0.433 e. The molecular formula is C17H18F4N4. The van der Waals surface area contributed by atoms with Crippen molar-refractivity contribution in [3.63, 3.8) is 0 Å². The predicted octanol–water partition coefficient (Wildman–Crippen LogP) is 3.71. The van der Waals surface area contributed by atoms with E-state index in [9.17, 15) is 17.6 Å². The highest BCUT2D eigenvalue weighted by atomic mass is 19.4. The first-order valence-electron chi connectivity index (χ1n) is 8.04. The average Bonchev–Trinajstić information content (AvgIpc) is 2.57. The number of likely N-dealkylation sites (tertiary alicyclic amines) is 1. The van der Waals surface area contributed by atoms with E-state index in [4.69, 9.17) is 0 Å². The van der Waals surface area contributed by atoms with Gasteiger partial charge in [-0.1, -0.05) is 18.2 Å². The van der Waals surface area contributed by atoms with Crippen LogP contribution >= 0.6 is 0 Å². The Labute approximate surface area is 142 Å². The molecule has 0 saturated carbocycles. The van der Waals surface area contributed by atoms with Crippen molar-refractivity contribution < 1.29 is 17.6 Å². The normalized spacial score (nSPS) is 19.0. The minimum absolute atomic E-state index is 0.0347. The summed E-state index contributed by atoms with van der Waals surface area (Å²) < 4.78 is 52.0. The van der Waals surface area contributed by atoms with Gasteiger partial charge in [-0.2, -0.15) is 13.2 Å². The number of aromatic nitrogens is 2. The molecule has 1 saturated heterocycles. The van der Waals surface area contributed by atoms with Gasteiger partial charge in [0.1, 0.15) is 11.5 Å². The molecule has 8 heteroatoms. The Morgan fingerprint density at radius 1 is 1.20 bits per heavy atom. The lowest BCUT2D eigenvalue weighted by Crippen LogP contribution is -2.42. The zero-order chi connectivity index (χ0) is 17.9. The van der Waals surface area contributed by atoms with Gasteiger partial charge in [0.05, 0.1) is 0 Å². The van der Waals surface area contributed by atoms with Crippen LogP contribution in [0.5, 0.6) is 0 Å². The molecule has 3 rings (SSSR count). The van der Waals surface area contributed by atoms with Gasteiger partial charge in [-0.3, -0.25) is 4.90 Å². The Bertz CT molecular complexity index is 720. The maximum absolute atomic E-state index is 13.8. The number of piperidine rings is 1. The first-order chi connectivity index (χ1) is 11.9. The molecule has 4 nitrogen and oxygen atoms in total. The highest BCUT2D eigenvalue weighted by molar-refractivity contribution is 5.28. The number of alkyl halides is 3. The summed E-state index contributed by atoms with van der Waals surface area (Å²) in [6.45, 7) is 1.87. The number of hydrogen-bond donors (Lipinski definition) is 1. The standard InChI is InChI=1S/C17H18F4N4/c18-14-6-2-1-4-12(14)10-25-9-3-5-13(11-25)23-16-22-8-7-15(24-16)17(19,20)21/h1-2,4,6-8,13H,3,5,9-11H2,(H,22,23,24). The summed E-state index contributed by atoms with van der Waals surface area (Å²) in [5.41, 5.74) is -0.359. The zero-order valence-electron chi connectivity index (χ0n) is 13.4. The summed E-state index contributed by atoms with van der Waals surface area (Å²) in [5.74, 6) is -0.286. The predicted molar refractivity (Wildman–Crippen MR) is 85.4 cm³/mol. The lowest BCUT2D eigenvalue weighted by Gasteiger charge is -2.33. The van der Waals surface area contributed by atoms with E-state index >= 15 is 0 Å². The molecule has 1 N–H and O–H groups in total. The molecule has 0 radical (unpaired) electrons. The van der Waals surface area contributed by atoms with Gasteiger partial charge in [-0.25, -0.2) is 14.4 Å². The van der Waals surface area contributed by atoms with E-state index in [1.807, 2.05) is 0 Å². The molecule has 2 heterocycles. The second-order valence-electron chi connectivity index (χ2n) is 6.07. The summed E-state index contributed by atoms with van der Waals surface area (Å²) in [5, 5.41) is 2.97. The number of nitrogens with one attached hydrogen (secondary N) is 1. The minimum atomic E-state index is -4.50. The fourth-order valence-electron chi connectivity index (χ4n) is 2.95. The van der Waals surface area contributed by atoms with Gasteiger partial charge in [-0.05, 0) is 31.5 Å². The van der Waals surface area contributed by atoms with Crippen molar-refractivity contribution in [2.24, 2.45) is 0 Å². The maximum Gasteiger partial charge on any atom is 0.433 e. The van der Waals surface area contributed by atoms with E-state index in [2.05, 4.69) is 20.2 Å². The fourth-order valence-corrected chi connectivity index (χ4v) is 2.95. The number of benzene rings is 1. The molecule has 1 unspecified atom stereocenters. The van der Waals surface area contributed by atoms with Crippen LogP contribution < -0.4 is 5.32 Å². The van der Waals surface area contributed by atoms with Crippen molar-refractivity contribution in [1.29, 1.82) is 0 Å². The van der Waals surface area contributed by atoms with Gasteiger partial charge in [0.2, 0.25) is 5.95 Å². The molecule has 0 spiro atoms. The molecule has 2 aromatic rings. The summed E-state index contributed by atoms with van der Waals surface area (Å²) in [4.78, 5) is 9.48. The van der Waals surface area contributed by atoms with E-state index in [0.29, 0.717) is 18.7 Å². The first-order valence-corrected chi connectivity index (χ1v) is 8.04. The van der Waals surface area contributed by atoms with E-state index in [0.717, 1.165) is 31.6 Å². The molecular weight excluding hydrogens is 336 g/mol. The van der Waals surface area contributed by atoms with E-state index < -0.39 is 11.9 Å². The Hall–Kier alpha value is -2.22. The molecule has 25 heavy (non-hydrogen) atoms. The smallest absolute Gasteiger partial charge is 0.350 e. The van der Waals surface area contributed by atoms with Gasteiger partial charge in [0.15, 0.2) is 0 Å². The zero-order valence-corrected chi connectivity index (χ0v) is 13.4. The average molecular weight is 354 g/mol. The van der Waals surface area contributed by atoms with Crippen LogP contribution in [0.1, 0.15) is 24.1 Å². The second-order valence-corrected chi connectivity index (χ2v) is 6.07. The molecule has 0 aliphatic carbocycles. The topological polar surface area (TPSA) is 41.0 Å². The van der Waals surface area contributed by atoms with Gasteiger partial charge in [-0.15, -0.1) is 0 Å². The molecule has 1 aliphatic rings. The summed E-state index contributed by atoms with van der Waals surface area (Å²) in [6, 6.07) is 7.35. The van der Waals surface area contributed by atoms with Crippen LogP contribution in [0.4, 0.5) is 23.5 Å². The monoisotopic (exact) mass is 354 g/mol. The molecule has 1 aliphatic heterocycles. The lowest BCUT2D eigenvalue weighted by atomic mass is 10.0. The summed E-state index contributed by atoms with van der Waals surface area (Å²) in [6.07, 6.45) is -1.74. The number of halogens is 4. The Morgan fingerprint density at radius 3 is 2.76 bits per heavy atom. The number of rotatable bonds is 4. The van der Waals surface area contributed by atoms with E-state index in [-0.39, 0.29) is 17.8 Å². The second kappa shape index (κ2) is 7.35. The van der Waals surface area contributed by atoms with Crippen LogP contribution in [0.2, 0.25) is 0 Å². The van der Waals surface area contributed by atoms with Gasteiger partial charge in [0, 0.05) is 30.9 Å². The van der Waals surface area contributed by atoms with Crippen LogP contribution in [-0.4, -0.2) is 34.0 Å². The summed E-state index contributed by atoms with van der Waals surface area (Å²) in [7, 11) is 0. The van der Waals surface area contributed by atoms with Gasteiger partial charge in [0.25, 0.3) is 0 Å². The molecule has 1 aromatic heterocycles. The third-order valence-electron chi connectivity index (χ3n) is 4.14. The van der Waals surface area contributed by atoms with Gasteiger partial charge < -0.3 is 5.32 Å². The van der Waals surface area contributed by atoms with E-state index in [1.165, 1.54) is 6.07 Å². The van der Waals surface area contributed by atoms with Crippen molar-refractivity contribution in [2.45, 2.75) is 31.6 Å². The van der Waals surface area contributed by atoms with Crippen molar-refractivity contribution in [3.05, 3.63) is 53.6 Å². The number of nitrogens with zero attached hydrogens (tertiary/aromatic N) is 3. The molecule has 0 amide bonds. The Morgan fingerprint density at radius 2 is 2.00 bits per heavy atom. The highest BCUT2D eigenvalue weighted by Gasteiger charge is 2.33. The van der Waals surface area contributed by atoms with Crippen LogP contribution in [0, 0.1) is 5.82 Å². The number of hydrogen-bond acceptors (Lipinski definition) is 4. The van der Waals surface area contributed by atoms with Crippen LogP contribution in [-0.2, 0) is 12.7 Å². The van der Waals surface area contributed by atoms with Crippen molar-refractivity contribution >= 4 is 5.95 Å². The minimum Gasteiger partial charge on any atom is -0.350 e. The Balaban J connectivity index is 1.63. The maximum atomic E-state index is 13.8. The van der Waals surface area contributed by atoms with Crippen molar-refractivity contribution in [3.8, 4) is 0 Å². The molecule has 134 valence electrons. The first kappa shape index (κ1) is 17.6. The third-order valence-corrected chi connectivity index (χ3v) is 4.14. The third kappa shape index (κ3) is 4.66. The molecule has 1 atom stereocenters. The molecule has 0 bridgehead atoms. The van der Waals surface area contributed by atoms with Crippen LogP contribution in [0.3, 0.4) is 0 Å². The fraction of sp³-hybridized carbons (Fsp3) is 0.412. The van der Waals surface area contributed by atoms with Crippen molar-refractivity contribution in [2.75, 3.05) is 18.4 Å². The van der Waals surface area contributed by atoms with E-state index in [1.54, 1.807) is 18.2 Å². The SMILES string of the molecule is Fc1ccccc1CN1CCCC(Nc2nccc(C(F)(F)F)n2)C1. The van der Waals surface area contributed by atoms with Gasteiger partial charge >= 0.3 is 6.18 Å². The lowest BCUT2D eigenvalue weighted by molar-refractivity contribution is -0.141. The highest BCUT2D eigenvalue weighted by Crippen LogP contribution is 2.28. The quantitative estimate of drug-likeness (QED) is 0.850. The van der Waals surface area contributed by atoms with Crippen molar-refractivity contribution in [1.82, 2.24) is 14.9 Å². The molecule has 1 aromatic carbocycles. The summed E-state index contributed by atoms with van der Waals surface area (Å²) >= 11 is 0. The number of anilines is 1. The van der Waals surface area contributed by atoms with Crippen LogP contribution in [0.15, 0.2) is 36.5 Å². The molecule has 1 fully saturated rings.